The molecule has 1 aliphatic heterocycles. The summed E-state index contributed by atoms with van der Waals surface area (Å²) < 4.78 is 30.6. The minimum absolute atomic E-state index is 0. The average Bonchev–Trinajstić information content (AvgIpc) is 3.08. The van der Waals surface area contributed by atoms with Gasteiger partial charge in [0.1, 0.15) is 5.82 Å². The van der Waals surface area contributed by atoms with E-state index >= 15 is 0 Å². The third kappa shape index (κ3) is 3.34. The van der Waals surface area contributed by atoms with Gasteiger partial charge in [-0.25, -0.2) is 13.4 Å². The van der Waals surface area contributed by atoms with Crippen LogP contribution in [0.25, 0.3) is 10.9 Å². The molecule has 27 heavy (non-hydrogen) atoms. The van der Waals surface area contributed by atoms with Crippen molar-refractivity contribution in [2.24, 2.45) is 7.05 Å². The molecule has 9 heteroatoms. The maximum atomic E-state index is 13.6. The van der Waals surface area contributed by atoms with E-state index in [2.05, 4.69) is 15.3 Å². The molecule has 7 nitrogen and oxygen atoms in total. The molecule has 1 atom stereocenters. The van der Waals surface area contributed by atoms with Crippen LogP contribution in [-0.4, -0.2) is 46.9 Å². The summed E-state index contributed by atoms with van der Waals surface area (Å²) in [7, 11) is -1.82. The molecule has 3 aromatic rings. The van der Waals surface area contributed by atoms with Crippen molar-refractivity contribution in [1.29, 1.82) is 0 Å². The number of sulfonamides is 1. The highest BCUT2D eigenvalue weighted by atomic mass is 35.5. The van der Waals surface area contributed by atoms with E-state index < -0.39 is 10.0 Å². The van der Waals surface area contributed by atoms with E-state index in [-0.39, 0.29) is 18.4 Å². The molecule has 0 saturated carbocycles. The van der Waals surface area contributed by atoms with Gasteiger partial charge in [0.05, 0.1) is 16.5 Å². The summed E-state index contributed by atoms with van der Waals surface area (Å²) in [6.45, 7) is 3.48. The molecule has 1 unspecified atom stereocenters. The molecular formula is C18H22ClN5O2S. The lowest BCUT2D eigenvalue weighted by molar-refractivity contribution is 0.258. The third-order valence-corrected chi connectivity index (χ3v) is 6.84. The van der Waals surface area contributed by atoms with Crippen molar-refractivity contribution in [2.45, 2.75) is 17.9 Å². The number of rotatable bonds is 3. The quantitative estimate of drug-likeness (QED) is 0.718. The number of hydrogen-bond donors (Lipinski definition) is 1. The van der Waals surface area contributed by atoms with Crippen molar-refractivity contribution in [1.82, 2.24) is 24.2 Å². The molecule has 0 radical (unpaired) electrons. The highest BCUT2D eigenvalue weighted by Gasteiger charge is 2.37. The Morgan fingerprint density at radius 2 is 2.00 bits per heavy atom. The second kappa shape index (κ2) is 7.55. The second-order valence-corrected chi connectivity index (χ2v) is 8.37. The lowest BCUT2D eigenvalue weighted by Gasteiger charge is -2.34. The minimum atomic E-state index is -3.70. The Bertz CT molecular complexity index is 1070. The van der Waals surface area contributed by atoms with Crippen LogP contribution in [-0.2, 0) is 17.1 Å². The van der Waals surface area contributed by atoms with Gasteiger partial charge in [-0.15, -0.1) is 12.4 Å². The standard InChI is InChI=1S/C18H21N5O2S.ClH/c1-13-5-6-16(14-4-3-7-20-17(13)14)26(24,25)23-11-8-19-12-15(23)18-21-9-10-22(18)2;/h3-7,9-10,15,19H,8,11-12H2,1-2H3;1H. The molecule has 4 rings (SSSR count). The lowest BCUT2D eigenvalue weighted by Crippen LogP contribution is -2.49. The summed E-state index contributed by atoms with van der Waals surface area (Å²) >= 11 is 0. The molecule has 0 aliphatic carbocycles. The van der Waals surface area contributed by atoms with Gasteiger partial charge in [0, 0.05) is 50.7 Å². The third-order valence-electron chi connectivity index (χ3n) is 4.87. The van der Waals surface area contributed by atoms with Crippen LogP contribution in [0.15, 0.2) is 47.8 Å². The second-order valence-electron chi connectivity index (χ2n) is 6.51. The topological polar surface area (TPSA) is 80.1 Å². The molecule has 0 bridgehead atoms. The lowest BCUT2D eigenvalue weighted by atomic mass is 10.1. The summed E-state index contributed by atoms with van der Waals surface area (Å²) in [6, 6.07) is 6.75. The number of aryl methyl sites for hydroxylation is 2. The van der Waals surface area contributed by atoms with Crippen molar-refractivity contribution in [2.75, 3.05) is 19.6 Å². The van der Waals surface area contributed by atoms with Crippen LogP contribution in [0, 0.1) is 6.92 Å². The van der Waals surface area contributed by atoms with Crippen LogP contribution >= 0.6 is 12.4 Å². The van der Waals surface area contributed by atoms with E-state index in [4.69, 9.17) is 0 Å². The SMILES string of the molecule is Cc1ccc(S(=O)(=O)N2CCNCC2c2nccn2C)c2cccnc12.Cl. The van der Waals surface area contributed by atoms with Gasteiger partial charge in [-0.3, -0.25) is 4.98 Å². The molecule has 1 saturated heterocycles. The summed E-state index contributed by atoms with van der Waals surface area (Å²) in [5.41, 5.74) is 1.68. The monoisotopic (exact) mass is 407 g/mol. The van der Waals surface area contributed by atoms with Gasteiger partial charge >= 0.3 is 0 Å². The van der Waals surface area contributed by atoms with E-state index in [1.54, 1.807) is 28.8 Å². The van der Waals surface area contributed by atoms with Crippen LogP contribution in [0.5, 0.6) is 0 Å². The normalized spacial score (nSPS) is 18.4. The van der Waals surface area contributed by atoms with E-state index in [0.717, 1.165) is 16.9 Å². The summed E-state index contributed by atoms with van der Waals surface area (Å²) in [5, 5.41) is 3.94. The molecule has 0 spiro atoms. The van der Waals surface area contributed by atoms with Gasteiger partial charge in [-0.1, -0.05) is 6.07 Å². The average molecular weight is 408 g/mol. The highest BCUT2D eigenvalue weighted by molar-refractivity contribution is 7.89. The van der Waals surface area contributed by atoms with E-state index in [1.165, 1.54) is 0 Å². The summed E-state index contributed by atoms with van der Waals surface area (Å²) in [5.74, 6) is 0.732. The zero-order chi connectivity index (χ0) is 18.3. The first-order chi connectivity index (χ1) is 12.5. The van der Waals surface area contributed by atoms with Gasteiger partial charge in [0.25, 0.3) is 0 Å². The van der Waals surface area contributed by atoms with Crippen molar-refractivity contribution in [3.05, 3.63) is 54.2 Å². The van der Waals surface area contributed by atoms with Crippen LogP contribution in [0.3, 0.4) is 0 Å². The number of aromatic nitrogens is 3. The number of piperazine rings is 1. The molecule has 2 aromatic heterocycles. The number of halogens is 1. The van der Waals surface area contributed by atoms with Crippen molar-refractivity contribution in [3.8, 4) is 0 Å². The molecule has 1 aliphatic rings. The number of nitrogens with zero attached hydrogens (tertiary/aromatic N) is 4. The first kappa shape index (κ1) is 19.8. The predicted octanol–water partition coefficient (Wildman–Crippen LogP) is 2.03. The number of pyridine rings is 1. The first-order valence-corrected chi connectivity index (χ1v) is 9.98. The highest BCUT2D eigenvalue weighted by Crippen LogP contribution is 2.32. The molecule has 0 amide bonds. The number of nitrogens with one attached hydrogen (secondary N) is 1. The van der Waals surface area contributed by atoms with E-state index in [1.807, 2.05) is 36.9 Å². The molecule has 1 aromatic carbocycles. The molecule has 144 valence electrons. The Morgan fingerprint density at radius 1 is 1.19 bits per heavy atom. The molecule has 1 N–H and O–H groups in total. The fraction of sp³-hybridized carbons (Fsp3) is 0.333. The Balaban J connectivity index is 0.00000210. The van der Waals surface area contributed by atoms with Gasteiger partial charge in [-0.2, -0.15) is 4.31 Å². The first-order valence-electron chi connectivity index (χ1n) is 8.54. The van der Waals surface area contributed by atoms with Crippen molar-refractivity contribution >= 4 is 33.3 Å². The van der Waals surface area contributed by atoms with Crippen LogP contribution in [0.4, 0.5) is 0 Å². The Kier molecular flexibility index (Phi) is 5.53. The fourth-order valence-corrected chi connectivity index (χ4v) is 5.30. The summed E-state index contributed by atoms with van der Waals surface area (Å²) in [6.07, 6.45) is 5.22. The van der Waals surface area contributed by atoms with Crippen LogP contribution in [0.2, 0.25) is 0 Å². The van der Waals surface area contributed by atoms with Gasteiger partial charge < -0.3 is 9.88 Å². The number of fused-ring (bicyclic) bond motifs is 1. The number of benzene rings is 1. The van der Waals surface area contributed by atoms with Crippen LogP contribution in [0.1, 0.15) is 17.4 Å². The Morgan fingerprint density at radius 3 is 2.74 bits per heavy atom. The number of hydrogen-bond acceptors (Lipinski definition) is 5. The largest absolute Gasteiger partial charge is 0.337 e. The Labute approximate surface area is 164 Å². The van der Waals surface area contributed by atoms with Gasteiger partial charge in [-0.05, 0) is 30.7 Å². The zero-order valence-corrected chi connectivity index (χ0v) is 16.8. The van der Waals surface area contributed by atoms with Gasteiger partial charge in [0.15, 0.2) is 0 Å². The molecule has 1 fully saturated rings. The summed E-state index contributed by atoms with van der Waals surface area (Å²) in [4.78, 5) is 9.05. The number of imidazole rings is 1. The fourth-order valence-electron chi connectivity index (χ4n) is 3.53. The molecular weight excluding hydrogens is 386 g/mol. The zero-order valence-electron chi connectivity index (χ0n) is 15.2. The maximum absolute atomic E-state index is 13.6. The van der Waals surface area contributed by atoms with E-state index in [0.29, 0.717) is 29.9 Å². The van der Waals surface area contributed by atoms with Crippen LogP contribution < -0.4 is 5.32 Å². The van der Waals surface area contributed by atoms with Crippen molar-refractivity contribution in [3.63, 3.8) is 0 Å². The maximum Gasteiger partial charge on any atom is 0.244 e. The minimum Gasteiger partial charge on any atom is -0.337 e. The smallest absolute Gasteiger partial charge is 0.244 e. The molecule has 3 heterocycles. The van der Waals surface area contributed by atoms with Gasteiger partial charge in [0.2, 0.25) is 10.0 Å². The van der Waals surface area contributed by atoms with E-state index in [9.17, 15) is 8.42 Å². The Hall–Kier alpha value is -2.00. The van der Waals surface area contributed by atoms with Crippen molar-refractivity contribution < 1.29 is 8.42 Å². The predicted molar refractivity (Wildman–Crippen MR) is 106 cm³/mol.